The number of hydrogen-bond donors (Lipinski definition) is 1. The fourth-order valence-electron chi connectivity index (χ4n) is 2.39. The Morgan fingerprint density at radius 2 is 1.82 bits per heavy atom. The van der Waals surface area contributed by atoms with Gasteiger partial charge in [0.15, 0.2) is 0 Å². The maximum absolute atomic E-state index is 6.15. The Bertz CT molecular complexity index is 667. The summed E-state index contributed by atoms with van der Waals surface area (Å²) in [6, 6.07) is 15.5. The van der Waals surface area contributed by atoms with Crippen molar-refractivity contribution in [3.8, 4) is 0 Å². The van der Waals surface area contributed by atoms with Crippen molar-refractivity contribution in [3.05, 3.63) is 64.7 Å². The third-order valence-corrected chi connectivity index (χ3v) is 3.78. The summed E-state index contributed by atoms with van der Waals surface area (Å²) in [6.07, 6.45) is 0. The fraction of sp³-hybridized carbons (Fsp3) is 0.235. The van der Waals surface area contributed by atoms with Gasteiger partial charge >= 0.3 is 0 Å². The quantitative estimate of drug-likeness (QED) is 0.699. The van der Waals surface area contributed by atoms with E-state index in [1.807, 2.05) is 47.5 Å². The number of anilines is 1. The van der Waals surface area contributed by atoms with Crippen LogP contribution in [0.2, 0.25) is 5.02 Å². The molecule has 0 radical (unpaired) electrons. The second kappa shape index (κ2) is 6.81. The van der Waals surface area contributed by atoms with Gasteiger partial charge in [-0.3, -0.25) is 5.01 Å². The molecule has 0 aromatic heterocycles. The molecule has 1 fully saturated rings. The van der Waals surface area contributed by atoms with E-state index in [-0.39, 0.29) is 0 Å². The van der Waals surface area contributed by atoms with Crippen molar-refractivity contribution < 1.29 is 4.74 Å². The number of halogens is 1. The number of hydrazone groups is 1. The molecule has 4 nitrogen and oxygen atoms in total. The number of nitrogen functional groups attached to an aromatic ring is 1. The van der Waals surface area contributed by atoms with E-state index in [0.29, 0.717) is 23.9 Å². The smallest absolute Gasteiger partial charge is 0.0997 e. The van der Waals surface area contributed by atoms with Crippen molar-refractivity contribution in [1.82, 2.24) is 5.01 Å². The molecular weight excluding hydrogens is 298 g/mol. The van der Waals surface area contributed by atoms with Crippen molar-refractivity contribution in [3.63, 3.8) is 0 Å². The van der Waals surface area contributed by atoms with Crippen LogP contribution < -0.4 is 5.73 Å². The number of morpholine rings is 1. The van der Waals surface area contributed by atoms with E-state index in [1.54, 1.807) is 6.07 Å². The van der Waals surface area contributed by atoms with E-state index in [4.69, 9.17) is 27.2 Å². The lowest BCUT2D eigenvalue weighted by molar-refractivity contribution is 0.0394. The number of hydrogen-bond acceptors (Lipinski definition) is 4. The Morgan fingerprint density at radius 3 is 2.55 bits per heavy atom. The standard InChI is InChI=1S/C17H18ClN3O/c18-14-6-7-16(19)15(12-14)17(13-4-2-1-3-5-13)20-21-8-10-22-11-9-21/h1-7,12H,8-11,19H2/b20-17+. The minimum atomic E-state index is 0.648. The molecule has 1 heterocycles. The molecule has 22 heavy (non-hydrogen) atoms. The highest BCUT2D eigenvalue weighted by Gasteiger charge is 2.15. The average molecular weight is 316 g/mol. The fourth-order valence-corrected chi connectivity index (χ4v) is 2.56. The molecule has 1 saturated heterocycles. The van der Waals surface area contributed by atoms with E-state index >= 15 is 0 Å². The van der Waals surface area contributed by atoms with Crippen LogP contribution >= 0.6 is 11.6 Å². The van der Waals surface area contributed by atoms with Gasteiger partial charge in [-0.05, 0) is 18.2 Å². The molecule has 0 aliphatic carbocycles. The van der Waals surface area contributed by atoms with Crippen LogP contribution in [0.15, 0.2) is 53.6 Å². The molecule has 0 bridgehead atoms. The number of nitrogens with two attached hydrogens (primary N) is 1. The van der Waals surface area contributed by atoms with Crippen LogP contribution in [0.3, 0.4) is 0 Å². The van der Waals surface area contributed by atoms with Gasteiger partial charge in [-0.2, -0.15) is 5.10 Å². The van der Waals surface area contributed by atoms with E-state index in [9.17, 15) is 0 Å². The molecule has 1 aliphatic rings. The van der Waals surface area contributed by atoms with Gasteiger partial charge < -0.3 is 10.5 Å². The number of benzene rings is 2. The van der Waals surface area contributed by atoms with E-state index in [2.05, 4.69) is 0 Å². The molecule has 2 aromatic carbocycles. The minimum Gasteiger partial charge on any atom is -0.398 e. The summed E-state index contributed by atoms with van der Waals surface area (Å²) in [5.41, 5.74) is 9.52. The summed E-state index contributed by atoms with van der Waals surface area (Å²) >= 11 is 6.15. The Kier molecular flexibility index (Phi) is 4.61. The van der Waals surface area contributed by atoms with Crippen molar-refractivity contribution in [1.29, 1.82) is 0 Å². The summed E-state index contributed by atoms with van der Waals surface area (Å²) in [7, 11) is 0. The normalized spacial score (nSPS) is 15.9. The average Bonchev–Trinajstić information content (AvgIpc) is 2.57. The van der Waals surface area contributed by atoms with Crippen LogP contribution in [0.1, 0.15) is 11.1 Å². The largest absolute Gasteiger partial charge is 0.398 e. The molecule has 0 spiro atoms. The summed E-state index contributed by atoms with van der Waals surface area (Å²) < 4.78 is 5.38. The first-order valence-electron chi connectivity index (χ1n) is 7.26. The predicted molar refractivity (Wildman–Crippen MR) is 90.3 cm³/mol. The lowest BCUT2D eigenvalue weighted by Gasteiger charge is -2.25. The lowest BCUT2D eigenvalue weighted by atomic mass is 10.0. The molecule has 0 amide bonds. The van der Waals surface area contributed by atoms with E-state index in [0.717, 1.165) is 29.9 Å². The molecule has 2 N–H and O–H groups in total. The van der Waals surface area contributed by atoms with Crippen molar-refractivity contribution in [2.45, 2.75) is 0 Å². The first kappa shape index (κ1) is 14.9. The number of nitrogens with zero attached hydrogens (tertiary/aromatic N) is 2. The summed E-state index contributed by atoms with van der Waals surface area (Å²) in [6.45, 7) is 2.93. The monoisotopic (exact) mass is 315 g/mol. The highest BCUT2D eigenvalue weighted by molar-refractivity contribution is 6.31. The molecule has 0 saturated carbocycles. The Labute approximate surface area is 135 Å². The molecular formula is C17H18ClN3O. The van der Waals surface area contributed by atoms with Crippen LogP contribution in [0.4, 0.5) is 5.69 Å². The number of ether oxygens (including phenoxy) is 1. The molecule has 114 valence electrons. The van der Waals surface area contributed by atoms with Gasteiger partial charge in [0.1, 0.15) is 0 Å². The first-order chi connectivity index (χ1) is 10.7. The second-order valence-corrected chi connectivity index (χ2v) is 5.55. The van der Waals surface area contributed by atoms with E-state index in [1.165, 1.54) is 0 Å². The Balaban J connectivity index is 2.06. The second-order valence-electron chi connectivity index (χ2n) is 5.11. The van der Waals surface area contributed by atoms with Crippen molar-refractivity contribution in [2.75, 3.05) is 32.0 Å². The lowest BCUT2D eigenvalue weighted by Crippen LogP contribution is -2.33. The summed E-state index contributed by atoms with van der Waals surface area (Å²) in [5, 5.41) is 7.48. The zero-order valence-corrected chi connectivity index (χ0v) is 13.0. The van der Waals surface area contributed by atoms with Crippen LogP contribution in [-0.2, 0) is 4.74 Å². The molecule has 3 rings (SSSR count). The molecule has 0 unspecified atom stereocenters. The van der Waals surface area contributed by atoms with Gasteiger partial charge in [0.05, 0.1) is 32.0 Å². The van der Waals surface area contributed by atoms with Crippen LogP contribution in [-0.4, -0.2) is 37.0 Å². The zero-order valence-electron chi connectivity index (χ0n) is 12.2. The molecule has 0 atom stereocenters. The van der Waals surface area contributed by atoms with Gasteiger partial charge in [0.25, 0.3) is 0 Å². The maximum Gasteiger partial charge on any atom is 0.0997 e. The number of rotatable bonds is 3. The van der Waals surface area contributed by atoms with E-state index < -0.39 is 0 Å². The topological polar surface area (TPSA) is 50.8 Å². The van der Waals surface area contributed by atoms with Crippen molar-refractivity contribution >= 4 is 23.0 Å². The Morgan fingerprint density at radius 1 is 1.09 bits per heavy atom. The van der Waals surface area contributed by atoms with Gasteiger partial charge in [0.2, 0.25) is 0 Å². The third-order valence-electron chi connectivity index (χ3n) is 3.55. The van der Waals surface area contributed by atoms with Gasteiger partial charge in [-0.1, -0.05) is 41.9 Å². The minimum absolute atomic E-state index is 0.648. The Hall–Kier alpha value is -2.04. The van der Waals surface area contributed by atoms with Gasteiger partial charge in [-0.25, -0.2) is 0 Å². The van der Waals surface area contributed by atoms with Crippen LogP contribution in [0.5, 0.6) is 0 Å². The van der Waals surface area contributed by atoms with Gasteiger partial charge in [0, 0.05) is 21.8 Å². The predicted octanol–water partition coefficient (Wildman–Crippen LogP) is 3.01. The molecule has 5 heteroatoms. The third kappa shape index (κ3) is 3.40. The molecule has 2 aromatic rings. The zero-order chi connectivity index (χ0) is 15.4. The summed E-state index contributed by atoms with van der Waals surface area (Å²) in [5.74, 6) is 0. The van der Waals surface area contributed by atoms with Gasteiger partial charge in [-0.15, -0.1) is 0 Å². The summed E-state index contributed by atoms with van der Waals surface area (Å²) in [4.78, 5) is 0. The highest BCUT2D eigenvalue weighted by atomic mass is 35.5. The van der Waals surface area contributed by atoms with Crippen molar-refractivity contribution in [2.24, 2.45) is 5.10 Å². The first-order valence-corrected chi connectivity index (χ1v) is 7.64. The van der Waals surface area contributed by atoms with Crippen LogP contribution in [0.25, 0.3) is 0 Å². The van der Waals surface area contributed by atoms with Crippen LogP contribution in [0, 0.1) is 0 Å². The maximum atomic E-state index is 6.15. The highest BCUT2D eigenvalue weighted by Crippen LogP contribution is 2.22. The SMILES string of the molecule is Nc1ccc(Cl)cc1/C(=N/N1CCOCC1)c1ccccc1. The molecule has 1 aliphatic heterocycles.